The molecule has 5 nitrogen and oxygen atoms in total. The first kappa shape index (κ1) is 12.5. The van der Waals surface area contributed by atoms with Crippen LogP contribution in [0.25, 0.3) is 11.6 Å². The van der Waals surface area contributed by atoms with E-state index in [-0.39, 0.29) is 11.3 Å². The summed E-state index contributed by atoms with van der Waals surface area (Å²) in [6, 6.07) is 13.5. The van der Waals surface area contributed by atoms with Gasteiger partial charge >= 0.3 is 0 Å². The van der Waals surface area contributed by atoms with E-state index in [0.29, 0.717) is 11.3 Å². The van der Waals surface area contributed by atoms with Crippen LogP contribution in [0.3, 0.4) is 0 Å². The van der Waals surface area contributed by atoms with Gasteiger partial charge in [-0.3, -0.25) is 15.1 Å². The van der Waals surface area contributed by atoms with Crippen LogP contribution in [0.15, 0.2) is 48.7 Å². The predicted octanol–water partition coefficient (Wildman–Crippen LogP) is 3.05. The van der Waals surface area contributed by atoms with E-state index in [1.807, 2.05) is 6.07 Å². The molecule has 0 aliphatic heterocycles. The number of allylic oxidation sites excluding steroid dienone is 1. The topological polar surface area (TPSA) is 79.8 Å². The van der Waals surface area contributed by atoms with Crippen molar-refractivity contribution in [3.8, 4) is 6.07 Å². The van der Waals surface area contributed by atoms with Gasteiger partial charge in [0.2, 0.25) is 0 Å². The zero-order chi connectivity index (χ0) is 13.7. The summed E-state index contributed by atoms with van der Waals surface area (Å²) in [6.45, 7) is 0. The van der Waals surface area contributed by atoms with Gasteiger partial charge in [0.1, 0.15) is 6.07 Å². The maximum atomic E-state index is 10.9. The van der Waals surface area contributed by atoms with E-state index in [9.17, 15) is 10.1 Å². The Hall–Kier alpha value is -3.00. The molecule has 92 valence electrons. The van der Waals surface area contributed by atoms with E-state index < -0.39 is 4.92 Å². The summed E-state index contributed by atoms with van der Waals surface area (Å²) < 4.78 is 0. The van der Waals surface area contributed by atoms with Crippen LogP contribution >= 0.6 is 0 Å². The molecule has 1 aromatic carbocycles. The Labute approximate surface area is 109 Å². The summed E-state index contributed by atoms with van der Waals surface area (Å²) in [4.78, 5) is 14.5. The number of benzene rings is 1. The predicted molar refractivity (Wildman–Crippen MR) is 70.8 cm³/mol. The Morgan fingerprint density at radius 2 is 2.00 bits per heavy atom. The number of nitriles is 1. The van der Waals surface area contributed by atoms with E-state index >= 15 is 0 Å². The Balaban J connectivity index is 2.51. The molecular formula is C14H9N3O2. The van der Waals surface area contributed by atoms with E-state index in [1.165, 1.54) is 12.1 Å². The average molecular weight is 251 g/mol. The molecule has 5 heteroatoms. The zero-order valence-corrected chi connectivity index (χ0v) is 9.85. The molecule has 0 atom stereocenters. The second kappa shape index (κ2) is 5.56. The number of nitrogens with zero attached hydrogens (tertiary/aromatic N) is 3. The Kier molecular flexibility index (Phi) is 3.64. The quantitative estimate of drug-likeness (QED) is 0.477. The molecule has 0 saturated carbocycles. The molecule has 0 N–H and O–H groups in total. The third-order valence-corrected chi connectivity index (χ3v) is 2.49. The van der Waals surface area contributed by atoms with Crippen LogP contribution in [0.1, 0.15) is 11.3 Å². The smallest absolute Gasteiger partial charge is 0.258 e. The third kappa shape index (κ3) is 2.82. The first-order chi connectivity index (χ1) is 9.22. The van der Waals surface area contributed by atoms with E-state index in [1.54, 1.807) is 42.6 Å². The molecule has 0 saturated heterocycles. The summed E-state index contributed by atoms with van der Waals surface area (Å²) in [7, 11) is 0. The maximum absolute atomic E-state index is 10.9. The van der Waals surface area contributed by atoms with Crippen molar-refractivity contribution in [1.29, 1.82) is 5.26 Å². The molecule has 0 fully saturated rings. The normalized spacial score (nSPS) is 10.8. The largest absolute Gasteiger partial charge is 0.276 e. The minimum Gasteiger partial charge on any atom is -0.258 e. The number of hydrogen-bond acceptors (Lipinski definition) is 4. The van der Waals surface area contributed by atoms with Gasteiger partial charge in [0.15, 0.2) is 0 Å². The number of hydrogen-bond donors (Lipinski definition) is 0. The number of aromatic nitrogens is 1. The monoisotopic (exact) mass is 251 g/mol. The summed E-state index contributed by atoms with van der Waals surface area (Å²) >= 11 is 0. The summed E-state index contributed by atoms with van der Waals surface area (Å²) in [5.74, 6) is 0. The first-order valence-corrected chi connectivity index (χ1v) is 5.49. The molecule has 0 spiro atoms. The highest BCUT2D eigenvalue weighted by Gasteiger charge is 2.12. The number of para-hydroxylation sites is 1. The molecule has 0 amide bonds. The number of nitro benzene ring substituents is 1. The molecule has 19 heavy (non-hydrogen) atoms. The van der Waals surface area contributed by atoms with Crippen molar-refractivity contribution >= 4 is 17.3 Å². The highest BCUT2D eigenvalue weighted by Crippen LogP contribution is 2.23. The fraction of sp³-hybridized carbons (Fsp3) is 0. The Morgan fingerprint density at radius 1 is 1.26 bits per heavy atom. The van der Waals surface area contributed by atoms with Crippen LogP contribution in [0.2, 0.25) is 0 Å². The minimum atomic E-state index is -0.473. The van der Waals surface area contributed by atoms with Gasteiger partial charge in [-0.05, 0) is 24.3 Å². The highest BCUT2D eigenvalue weighted by molar-refractivity contribution is 5.89. The number of nitro groups is 1. The second-order valence-electron chi connectivity index (χ2n) is 3.70. The van der Waals surface area contributed by atoms with E-state index in [2.05, 4.69) is 4.98 Å². The van der Waals surface area contributed by atoms with Crippen molar-refractivity contribution in [3.63, 3.8) is 0 Å². The molecule has 2 rings (SSSR count). The Bertz CT molecular complexity index is 673. The summed E-state index contributed by atoms with van der Waals surface area (Å²) in [6.07, 6.45) is 3.04. The van der Waals surface area contributed by atoms with Gasteiger partial charge in [0, 0.05) is 12.3 Å². The molecule has 0 radical (unpaired) electrons. The van der Waals surface area contributed by atoms with Crippen LogP contribution in [-0.4, -0.2) is 9.91 Å². The van der Waals surface area contributed by atoms with Gasteiger partial charge in [-0.15, -0.1) is 0 Å². The lowest BCUT2D eigenvalue weighted by molar-refractivity contribution is -0.385. The second-order valence-corrected chi connectivity index (χ2v) is 3.70. The standard InChI is InChI=1S/C14H9N3O2/c15-10-12(13-6-3-4-8-16-13)9-11-5-1-2-7-14(11)17(18)19/h1-9H. The highest BCUT2D eigenvalue weighted by atomic mass is 16.6. The van der Waals surface area contributed by atoms with E-state index in [4.69, 9.17) is 5.26 Å². The minimum absolute atomic E-state index is 0.0359. The van der Waals surface area contributed by atoms with Gasteiger partial charge in [-0.2, -0.15) is 5.26 Å². The van der Waals surface area contributed by atoms with Crippen molar-refractivity contribution in [1.82, 2.24) is 4.98 Å². The van der Waals surface area contributed by atoms with Crippen LogP contribution < -0.4 is 0 Å². The van der Waals surface area contributed by atoms with Crippen LogP contribution in [-0.2, 0) is 0 Å². The SMILES string of the molecule is N#CC(=Cc1ccccc1[N+](=O)[O-])c1ccccn1. The lowest BCUT2D eigenvalue weighted by Crippen LogP contribution is -1.92. The average Bonchev–Trinajstić information content (AvgIpc) is 2.46. The summed E-state index contributed by atoms with van der Waals surface area (Å²) in [5, 5.41) is 20.0. The van der Waals surface area contributed by atoms with Gasteiger partial charge in [-0.25, -0.2) is 0 Å². The number of pyridine rings is 1. The van der Waals surface area contributed by atoms with E-state index in [0.717, 1.165) is 0 Å². The molecule has 1 aromatic heterocycles. The molecular weight excluding hydrogens is 242 g/mol. The van der Waals surface area contributed by atoms with Crippen molar-refractivity contribution < 1.29 is 4.92 Å². The molecule has 0 unspecified atom stereocenters. The zero-order valence-electron chi connectivity index (χ0n) is 9.85. The van der Waals surface area contributed by atoms with Gasteiger partial charge < -0.3 is 0 Å². The molecule has 0 aliphatic carbocycles. The molecule has 1 heterocycles. The van der Waals surface area contributed by atoms with Crippen molar-refractivity contribution in [2.75, 3.05) is 0 Å². The van der Waals surface area contributed by atoms with Crippen LogP contribution in [0, 0.1) is 21.4 Å². The maximum Gasteiger partial charge on any atom is 0.276 e. The lowest BCUT2D eigenvalue weighted by Gasteiger charge is -1.99. The third-order valence-electron chi connectivity index (χ3n) is 2.49. The van der Waals surface area contributed by atoms with Crippen molar-refractivity contribution in [2.24, 2.45) is 0 Å². The van der Waals surface area contributed by atoms with Crippen LogP contribution in [0.5, 0.6) is 0 Å². The molecule has 2 aromatic rings. The van der Waals surface area contributed by atoms with Gasteiger partial charge in [0.25, 0.3) is 5.69 Å². The molecule has 0 bridgehead atoms. The van der Waals surface area contributed by atoms with Gasteiger partial charge in [-0.1, -0.05) is 18.2 Å². The first-order valence-electron chi connectivity index (χ1n) is 5.49. The fourth-order valence-corrected chi connectivity index (χ4v) is 1.62. The Morgan fingerprint density at radius 3 is 2.63 bits per heavy atom. The van der Waals surface area contributed by atoms with Gasteiger partial charge in [0.05, 0.1) is 21.8 Å². The lowest BCUT2D eigenvalue weighted by atomic mass is 10.1. The molecule has 0 aliphatic rings. The van der Waals surface area contributed by atoms with Crippen molar-refractivity contribution in [2.45, 2.75) is 0 Å². The van der Waals surface area contributed by atoms with Crippen LogP contribution in [0.4, 0.5) is 5.69 Å². The fourth-order valence-electron chi connectivity index (χ4n) is 1.62. The van der Waals surface area contributed by atoms with Crippen molar-refractivity contribution in [3.05, 3.63) is 70.0 Å². The number of rotatable bonds is 3. The summed E-state index contributed by atoms with van der Waals surface area (Å²) in [5.41, 5.74) is 1.12.